The summed E-state index contributed by atoms with van der Waals surface area (Å²) >= 11 is 7.26. The molecule has 0 saturated heterocycles. The first-order chi connectivity index (χ1) is 8.22. The van der Waals surface area contributed by atoms with Gasteiger partial charge in [0.1, 0.15) is 5.82 Å². The second-order valence-corrected chi connectivity index (χ2v) is 4.91. The van der Waals surface area contributed by atoms with Crippen molar-refractivity contribution in [3.63, 3.8) is 0 Å². The van der Waals surface area contributed by atoms with Gasteiger partial charge in [-0.25, -0.2) is 4.39 Å². The van der Waals surface area contributed by atoms with Gasteiger partial charge < -0.3 is 5.32 Å². The molecule has 1 unspecified atom stereocenters. The molecule has 1 heterocycles. The van der Waals surface area contributed by atoms with Gasteiger partial charge in [-0.1, -0.05) is 24.6 Å². The second-order valence-electron chi connectivity index (χ2n) is 3.56. The van der Waals surface area contributed by atoms with Gasteiger partial charge in [-0.3, -0.25) is 4.98 Å². The summed E-state index contributed by atoms with van der Waals surface area (Å²) in [6, 6.07) is 4.59. The van der Waals surface area contributed by atoms with E-state index < -0.39 is 0 Å². The summed E-state index contributed by atoms with van der Waals surface area (Å²) < 4.78 is 13.9. The van der Waals surface area contributed by atoms with Crippen molar-refractivity contribution in [2.24, 2.45) is 0 Å². The second kappa shape index (κ2) is 5.58. The van der Waals surface area contributed by atoms with Crippen LogP contribution >= 0.6 is 22.9 Å². The van der Waals surface area contributed by atoms with Gasteiger partial charge in [0.2, 0.25) is 0 Å². The fourth-order valence-electron chi connectivity index (χ4n) is 1.67. The predicted molar refractivity (Wildman–Crippen MR) is 69.0 cm³/mol. The van der Waals surface area contributed by atoms with Crippen molar-refractivity contribution < 1.29 is 4.39 Å². The Morgan fingerprint density at radius 3 is 2.94 bits per heavy atom. The Balaban J connectivity index is 2.39. The molecule has 1 aromatic heterocycles. The molecule has 0 aliphatic carbocycles. The number of benzene rings is 1. The van der Waals surface area contributed by atoms with Crippen molar-refractivity contribution >= 4 is 22.9 Å². The average molecular weight is 271 g/mol. The van der Waals surface area contributed by atoms with Crippen LogP contribution < -0.4 is 5.32 Å². The molecule has 0 spiro atoms. The van der Waals surface area contributed by atoms with E-state index in [2.05, 4.69) is 10.3 Å². The summed E-state index contributed by atoms with van der Waals surface area (Å²) in [5, 5.41) is 3.66. The Morgan fingerprint density at radius 1 is 1.53 bits per heavy atom. The third-order valence-electron chi connectivity index (χ3n) is 2.42. The Labute approximate surface area is 108 Å². The summed E-state index contributed by atoms with van der Waals surface area (Å²) in [7, 11) is 0. The van der Waals surface area contributed by atoms with Crippen molar-refractivity contribution in [1.82, 2.24) is 10.3 Å². The van der Waals surface area contributed by atoms with Crippen molar-refractivity contribution in [3.8, 4) is 0 Å². The summed E-state index contributed by atoms with van der Waals surface area (Å²) in [6.45, 7) is 2.74. The van der Waals surface area contributed by atoms with E-state index in [1.54, 1.807) is 23.8 Å². The molecular weight excluding hydrogens is 259 g/mol. The maximum Gasteiger partial charge on any atom is 0.129 e. The van der Waals surface area contributed by atoms with Crippen LogP contribution in [-0.2, 0) is 0 Å². The van der Waals surface area contributed by atoms with Crippen LogP contribution in [-0.4, -0.2) is 11.5 Å². The number of hydrogen-bond acceptors (Lipinski definition) is 3. The van der Waals surface area contributed by atoms with E-state index in [1.165, 1.54) is 17.4 Å². The zero-order valence-corrected chi connectivity index (χ0v) is 10.9. The van der Waals surface area contributed by atoms with Gasteiger partial charge in [0, 0.05) is 21.7 Å². The maximum absolute atomic E-state index is 13.9. The molecule has 2 rings (SSSR count). The molecule has 0 aliphatic rings. The van der Waals surface area contributed by atoms with Gasteiger partial charge >= 0.3 is 0 Å². The van der Waals surface area contributed by atoms with Gasteiger partial charge in [0.25, 0.3) is 0 Å². The predicted octanol–water partition coefficient (Wildman–Crippen LogP) is 3.63. The number of aromatic nitrogens is 1. The lowest BCUT2D eigenvalue weighted by molar-refractivity contribution is 0.563. The molecule has 0 amide bonds. The highest BCUT2D eigenvalue weighted by Crippen LogP contribution is 2.28. The van der Waals surface area contributed by atoms with E-state index in [1.807, 2.05) is 6.92 Å². The Morgan fingerprint density at radius 2 is 2.35 bits per heavy atom. The molecule has 2 nitrogen and oxygen atoms in total. The molecule has 1 N–H and O–H groups in total. The van der Waals surface area contributed by atoms with E-state index >= 15 is 0 Å². The highest BCUT2D eigenvalue weighted by molar-refractivity contribution is 7.09. The summed E-state index contributed by atoms with van der Waals surface area (Å²) in [5.41, 5.74) is 2.34. The van der Waals surface area contributed by atoms with Crippen LogP contribution in [0.1, 0.15) is 23.4 Å². The molecule has 0 fully saturated rings. The average Bonchev–Trinajstić information content (AvgIpc) is 2.80. The molecule has 17 heavy (non-hydrogen) atoms. The smallest absolute Gasteiger partial charge is 0.129 e. The summed E-state index contributed by atoms with van der Waals surface area (Å²) in [5.74, 6) is -0.295. The molecule has 5 heteroatoms. The maximum atomic E-state index is 13.9. The summed E-state index contributed by atoms with van der Waals surface area (Å²) in [6.07, 6.45) is 1.76. The van der Waals surface area contributed by atoms with Gasteiger partial charge in [0.05, 0.1) is 11.6 Å². The number of halogens is 2. The van der Waals surface area contributed by atoms with Gasteiger partial charge in [-0.2, -0.15) is 0 Å². The lowest BCUT2D eigenvalue weighted by Gasteiger charge is -2.17. The first-order valence-electron chi connectivity index (χ1n) is 5.29. The lowest BCUT2D eigenvalue weighted by Crippen LogP contribution is -2.22. The van der Waals surface area contributed by atoms with Crippen molar-refractivity contribution in [1.29, 1.82) is 0 Å². The molecule has 0 aliphatic heterocycles. The van der Waals surface area contributed by atoms with E-state index in [4.69, 9.17) is 11.6 Å². The molecule has 1 atom stereocenters. The van der Waals surface area contributed by atoms with E-state index in [0.29, 0.717) is 10.6 Å². The minimum absolute atomic E-state index is 0.162. The summed E-state index contributed by atoms with van der Waals surface area (Å²) in [4.78, 5) is 5.02. The monoisotopic (exact) mass is 270 g/mol. The van der Waals surface area contributed by atoms with Crippen LogP contribution in [0.25, 0.3) is 0 Å². The fraction of sp³-hybridized carbons (Fsp3) is 0.250. The van der Waals surface area contributed by atoms with Crippen LogP contribution in [0, 0.1) is 5.82 Å². The first kappa shape index (κ1) is 12.5. The van der Waals surface area contributed by atoms with Gasteiger partial charge in [0.15, 0.2) is 0 Å². The molecule has 1 aromatic carbocycles. The molecule has 2 aromatic rings. The number of rotatable bonds is 4. The Kier molecular flexibility index (Phi) is 4.10. The van der Waals surface area contributed by atoms with Crippen molar-refractivity contribution in [2.45, 2.75) is 13.0 Å². The van der Waals surface area contributed by atoms with Crippen molar-refractivity contribution in [3.05, 3.63) is 51.2 Å². The minimum Gasteiger partial charge on any atom is -0.306 e. The zero-order valence-electron chi connectivity index (χ0n) is 9.28. The largest absolute Gasteiger partial charge is 0.306 e. The SMILES string of the molecule is CCNC(c1cncs1)c1ccc(Cl)cc1F. The van der Waals surface area contributed by atoms with Crippen LogP contribution in [0.2, 0.25) is 5.02 Å². The normalized spacial score (nSPS) is 12.6. The van der Waals surface area contributed by atoms with Crippen LogP contribution in [0.4, 0.5) is 4.39 Å². The molecule has 0 saturated carbocycles. The number of nitrogens with zero attached hydrogens (tertiary/aromatic N) is 1. The van der Waals surface area contributed by atoms with Crippen LogP contribution in [0.5, 0.6) is 0 Å². The number of hydrogen-bond donors (Lipinski definition) is 1. The number of nitrogens with one attached hydrogen (secondary N) is 1. The van der Waals surface area contributed by atoms with Gasteiger partial charge in [-0.15, -0.1) is 11.3 Å². The quantitative estimate of drug-likeness (QED) is 0.918. The topological polar surface area (TPSA) is 24.9 Å². The Bertz CT molecular complexity index is 487. The first-order valence-corrected chi connectivity index (χ1v) is 6.55. The Hall–Kier alpha value is -0.970. The molecule has 0 radical (unpaired) electrons. The third kappa shape index (κ3) is 2.83. The van der Waals surface area contributed by atoms with E-state index in [0.717, 1.165) is 11.4 Å². The van der Waals surface area contributed by atoms with E-state index in [9.17, 15) is 4.39 Å². The van der Waals surface area contributed by atoms with Crippen molar-refractivity contribution in [2.75, 3.05) is 6.54 Å². The van der Waals surface area contributed by atoms with E-state index in [-0.39, 0.29) is 11.9 Å². The highest BCUT2D eigenvalue weighted by Gasteiger charge is 2.18. The fourth-order valence-corrected chi connectivity index (χ4v) is 2.54. The highest BCUT2D eigenvalue weighted by atomic mass is 35.5. The van der Waals surface area contributed by atoms with Crippen LogP contribution in [0.3, 0.4) is 0 Å². The third-order valence-corrected chi connectivity index (χ3v) is 3.49. The lowest BCUT2D eigenvalue weighted by atomic mass is 10.1. The minimum atomic E-state index is -0.295. The molecule has 0 bridgehead atoms. The number of thiazole rings is 1. The molecular formula is C12H12ClFN2S. The zero-order chi connectivity index (χ0) is 12.3. The molecule has 90 valence electrons. The standard InChI is InChI=1S/C12H12ClFN2S/c1-2-16-12(11-6-15-7-17-11)9-4-3-8(13)5-10(9)14/h3-7,12,16H,2H2,1H3. The van der Waals surface area contributed by atoms with Gasteiger partial charge in [-0.05, 0) is 18.7 Å². The van der Waals surface area contributed by atoms with Crippen LogP contribution in [0.15, 0.2) is 29.9 Å².